The molecule has 1 fully saturated rings. The Morgan fingerprint density at radius 1 is 1.42 bits per heavy atom. The van der Waals surface area contributed by atoms with Crippen LogP contribution in [0.3, 0.4) is 0 Å². The molecular formula is C8H17ClN2O. The molecule has 12 heavy (non-hydrogen) atoms. The highest BCUT2D eigenvalue weighted by atomic mass is 35.5. The van der Waals surface area contributed by atoms with Crippen molar-refractivity contribution in [1.82, 2.24) is 10.2 Å². The second-order valence-electron chi connectivity index (χ2n) is 3.13. The van der Waals surface area contributed by atoms with Crippen molar-refractivity contribution in [2.24, 2.45) is 0 Å². The van der Waals surface area contributed by atoms with Gasteiger partial charge in [-0.2, -0.15) is 0 Å². The molecule has 0 radical (unpaired) electrons. The van der Waals surface area contributed by atoms with Gasteiger partial charge in [-0.25, -0.2) is 0 Å². The van der Waals surface area contributed by atoms with E-state index in [0.29, 0.717) is 6.41 Å². The van der Waals surface area contributed by atoms with Crippen molar-refractivity contribution in [2.75, 3.05) is 0 Å². The van der Waals surface area contributed by atoms with Crippen molar-refractivity contribution in [3.05, 3.63) is 0 Å². The lowest BCUT2D eigenvalue weighted by Crippen LogP contribution is -2.38. The maximum Gasteiger partial charge on any atom is 0.221 e. The SMILES string of the molecule is C[C@@H]1CCC[C@H](C)N1.O=CNCl. The van der Waals surface area contributed by atoms with Gasteiger partial charge in [0.1, 0.15) is 0 Å². The second kappa shape index (κ2) is 7.37. The molecule has 0 aromatic rings. The summed E-state index contributed by atoms with van der Waals surface area (Å²) in [6.45, 7) is 4.52. The molecule has 3 nitrogen and oxygen atoms in total. The summed E-state index contributed by atoms with van der Waals surface area (Å²) in [7, 11) is 0. The third-order valence-electron chi connectivity index (χ3n) is 1.89. The normalized spacial score (nSPS) is 28.2. The van der Waals surface area contributed by atoms with Crippen molar-refractivity contribution in [3.8, 4) is 0 Å². The maximum absolute atomic E-state index is 8.93. The number of carbonyl (C=O) groups is 1. The molecule has 0 saturated carbocycles. The topological polar surface area (TPSA) is 41.1 Å². The van der Waals surface area contributed by atoms with E-state index in [2.05, 4.69) is 30.9 Å². The Morgan fingerprint density at radius 2 is 1.83 bits per heavy atom. The van der Waals surface area contributed by atoms with Crippen LogP contribution < -0.4 is 10.2 Å². The summed E-state index contributed by atoms with van der Waals surface area (Å²) in [5.41, 5.74) is 0. The fourth-order valence-electron chi connectivity index (χ4n) is 1.38. The quantitative estimate of drug-likeness (QED) is 0.488. The van der Waals surface area contributed by atoms with Crippen LogP contribution in [-0.4, -0.2) is 18.5 Å². The highest BCUT2D eigenvalue weighted by Crippen LogP contribution is 2.10. The number of piperidine rings is 1. The summed E-state index contributed by atoms with van der Waals surface area (Å²) in [5.74, 6) is 0. The van der Waals surface area contributed by atoms with Gasteiger partial charge in [0.2, 0.25) is 6.41 Å². The zero-order valence-corrected chi connectivity index (χ0v) is 8.40. The molecule has 1 aliphatic heterocycles. The highest BCUT2D eigenvalue weighted by Gasteiger charge is 2.11. The molecule has 1 amide bonds. The third kappa shape index (κ3) is 6.43. The minimum Gasteiger partial charge on any atom is -0.312 e. The number of carbonyl (C=O) groups excluding carboxylic acids is 1. The molecular weight excluding hydrogens is 176 g/mol. The largest absolute Gasteiger partial charge is 0.312 e. The van der Waals surface area contributed by atoms with E-state index in [1.165, 1.54) is 19.3 Å². The number of nitrogens with one attached hydrogen (secondary N) is 2. The lowest BCUT2D eigenvalue weighted by molar-refractivity contribution is -0.108. The van der Waals surface area contributed by atoms with E-state index in [1.807, 2.05) is 0 Å². The molecule has 1 heterocycles. The van der Waals surface area contributed by atoms with Crippen LogP contribution in [0.25, 0.3) is 0 Å². The molecule has 2 N–H and O–H groups in total. The second-order valence-corrected chi connectivity index (χ2v) is 3.34. The van der Waals surface area contributed by atoms with Gasteiger partial charge in [0.15, 0.2) is 0 Å². The van der Waals surface area contributed by atoms with E-state index in [9.17, 15) is 0 Å². The van der Waals surface area contributed by atoms with E-state index in [4.69, 9.17) is 4.79 Å². The summed E-state index contributed by atoms with van der Waals surface area (Å²) in [6.07, 6.45) is 4.53. The molecule has 1 rings (SSSR count). The minimum atomic E-state index is 0.390. The Kier molecular flexibility index (Phi) is 7.20. The van der Waals surface area contributed by atoms with Crippen molar-refractivity contribution in [3.63, 3.8) is 0 Å². The van der Waals surface area contributed by atoms with Crippen molar-refractivity contribution in [1.29, 1.82) is 0 Å². The lowest BCUT2D eigenvalue weighted by atomic mass is 10.0. The van der Waals surface area contributed by atoms with Crippen LogP contribution in [0.1, 0.15) is 33.1 Å². The smallest absolute Gasteiger partial charge is 0.221 e. The van der Waals surface area contributed by atoms with Crippen LogP contribution in [0.2, 0.25) is 0 Å². The molecule has 1 saturated heterocycles. The Balaban J connectivity index is 0.000000261. The van der Waals surface area contributed by atoms with E-state index in [0.717, 1.165) is 12.1 Å². The molecule has 1 aliphatic rings. The Labute approximate surface area is 79.0 Å². The van der Waals surface area contributed by atoms with E-state index in [-0.39, 0.29) is 0 Å². The van der Waals surface area contributed by atoms with Crippen LogP contribution in [0.15, 0.2) is 0 Å². The lowest BCUT2D eigenvalue weighted by Gasteiger charge is -2.25. The van der Waals surface area contributed by atoms with Gasteiger partial charge in [-0.15, -0.1) is 0 Å². The summed E-state index contributed by atoms with van der Waals surface area (Å²) in [6, 6.07) is 1.53. The predicted octanol–water partition coefficient (Wildman–Crippen LogP) is 1.42. The van der Waals surface area contributed by atoms with Crippen molar-refractivity contribution >= 4 is 18.2 Å². The average molecular weight is 193 g/mol. The van der Waals surface area contributed by atoms with Crippen molar-refractivity contribution < 1.29 is 4.79 Å². The number of rotatable bonds is 1. The Hall–Kier alpha value is -0.280. The van der Waals surface area contributed by atoms with E-state index in [1.54, 1.807) is 4.84 Å². The predicted molar refractivity (Wildman–Crippen MR) is 51.0 cm³/mol. The molecule has 0 aromatic heterocycles. The Morgan fingerprint density at radius 3 is 2.00 bits per heavy atom. The van der Waals surface area contributed by atoms with Crippen LogP contribution in [0, 0.1) is 0 Å². The van der Waals surface area contributed by atoms with Gasteiger partial charge in [-0.1, -0.05) is 6.42 Å². The van der Waals surface area contributed by atoms with Gasteiger partial charge < -0.3 is 5.32 Å². The molecule has 2 atom stereocenters. The molecule has 0 spiro atoms. The molecule has 0 unspecified atom stereocenters. The fraction of sp³-hybridized carbons (Fsp3) is 0.875. The van der Waals surface area contributed by atoms with Crippen LogP contribution in [0.5, 0.6) is 0 Å². The summed E-state index contributed by atoms with van der Waals surface area (Å²) >= 11 is 4.57. The first-order chi connectivity index (χ1) is 5.70. The van der Waals surface area contributed by atoms with Gasteiger partial charge in [0, 0.05) is 23.9 Å². The van der Waals surface area contributed by atoms with Gasteiger partial charge >= 0.3 is 0 Å². The number of hydrogen-bond donors (Lipinski definition) is 2. The first-order valence-corrected chi connectivity index (χ1v) is 4.64. The standard InChI is InChI=1S/C7H15N.CH2ClNO/c1-6-4-3-5-7(2)8-6;2-3-1-4/h6-8H,3-5H2,1-2H3;1H,(H,3,4)/t6-,7+;. The maximum atomic E-state index is 8.93. The third-order valence-corrected chi connectivity index (χ3v) is 1.98. The zero-order valence-electron chi connectivity index (χ0n) is 7.64. The van der Waals surface area contributed by atoms with Gasteiger partial charge in [-0.05, 0) is 26.7 Å². The first kappa shape index (κ1) is 11.7. The fourth-order valence-corrected chi connectivity index (χ4v) is 1.38. The molecule has 0 bridgehead atoms. The monoisotopic (exact) mass is 192 g/mol. The number of halogens is 1. The molecule has 0 aliphatic carbocycles. The van der Waals surface area contributed by atoms with E-state index >= 15 is 0 Å². The summed E-state index contributed by atoms with van der Waals surface area (Å²) in [4.78, 5) is 10.7. The van der Waals surface area contributed by atoms with Gasteiger partial charge in [-0.3, -0.25) is 9.63 Å². The summed E-state index contributed by atoms with van der Waals surface area (Å²) in [5, 5.41) is 3.48. The molecule has 0 aromatic carbocycles. The zero-order chi connectivity index (χ0) is 9.40. The first-order valence-electron chi connectivity index (χ1n) is 4.26. The number of hydrogen-bond acceptors (Lipinski definition) is 2. The summed E-state index contributed by atoms with van der Waals surface area (Å²) < 4.78 is 0. The van der Waals surface area contributed by atoms with Gasteiger partial charge in [0.25, 0.3) is 0 Å². The number of amides is 1. The molecule has 72 valence electrons. The van der Waals surface area contributed by atoms with Crippen LogP contribution >= 0.6 is 11.8 Å². The van der Waals surface area contributed by atoms with Gasteiger partial charge in [0.05, 0.1) is 0 Å². The molecule has 4 heteroatoms. The van der Waals surface area contributed by atoms with Crippen LogP contribution in [0.4, 0.5) is 0 Å². The van der Waals surface area contributed by atoms with Crippen molar-refractivity contribution in [2.45, 2.75) is 45.2 Å². The van der Waals surface area contributed by atoms with Crippen LogP contribution in [-0.2, 0) is 4.79 Å². The average Bonchev–Trinajstić information content (AvgIpc) is 2.04. The highest BCUT2D eigenvalue weighted by molar-refractivity contribution is 6.18. The Bertz CT molecular complexity index is 114. The van der Waals surface area contributed by atoms with E-state index < -0.39 is 0 Å². The minimum absolute atomic E-state index is 0.390.